The van der Waals surface area contributed by atoms with Crippen LogP contribution < -0.4 is 5.32 Å². The maximum atomic E-state index is 8.50. The highest BCUT2D eigenvalue weighted by Crippen LogP contribution is 2.22. The summed E-state index contributed by atoms with van der Waals surface area (Å²) in [7, 11) is 0. The summed E-state index contributed by atoms with van der Waals surface area (Å²) in [5, 5.41) is 12.0. The van der Waals surface area contributed by atoms with Gasteiger partial charge >= 0.3 is 0 Å². The number of aliphatic hydroxyl groups excluding tert-OH is 1. The van der Waals surface area contributed by atoms with Crippen molar-refractivity contribution in [2.24, 2.45) is 5.92 Å². The highest BCUT2D eigenvalue weighted by molar-refractivity contribution is 4.67. The van der Waals surface area contributed by atoms with Crippen molar-refractivity contribution < 1.29 is 9.84 Å². The van der Waals surface area contributed by atoms with Gasteiger partial charge in [0.2, 0.25) is 0 Å². The summed E-state index contributed by atoms with van der Waals surface area (Å²) in [4.78, 5) is 0. The van der Waals surface area contributed by atoms with E-state index < -0.39 is 0 Å². The van der Waals surface area contributed by atoms with Crippen LogP contribution in [0.2, 0.25) is 0 Å². The highest BCUT2D eigenvalue weighted by Gasteiger charge is 2.11. The minimum absolute atomic E-state index is 0.134. The summed E-state index contributed by atoms with van der Waals surface area (Å²) in [6.45, 7) is 3.60. The van der Waals surface area contributed by atoms with Crippen molar-refractivity contribution in [1.82, 2.24) is 5.32 Å². The van der Waals surface area contributed by atoms with Crippen molar-refractivity contribution >= 4 is 0 Å². The first-order chi connectivity index (χ1) is 7.43. The number of ether oxygens (including phenoxy) is 1. The molecule has 0 heterocycles. The molecule has 0 aromatic heterocycles. The Morgan fingerprint density at radius 3 is 2.67 bits per heavy atom. The summed E-state index contributed by atoms with van der Waals surface area (Å²) in [6.07, 6.45) is 8.15. The topological polar surface area (TPSA) is 41.5 Å². The summed E-state index contributed by atoms with van der Waals surface area (Å²) < 4.78 is 5.18. The molecule has 1 fully saturated rings. The second-order valence-corrected chi connectivity index (χ2v) is 4.40. The molecule has 0 unspecified atom stereocenters. The molecule has 0 aromatic rings. The molecular formula is C12H25NO2. The Morgan fingerprint density at radius 2 is 1.93 bits per heavy atom. The second kappa shape index (κ2) is 9.13. The summed E-state index contributed by atoms with van der Waals surface area (Å²) in [6, 6.07) is 0. The molecule has 0 bridgehead atoms. The maximum Gasteiger partial charge on any atom is 0.0697 e. The van der Waals surface area contributed by atoms with Gasteiger partial charge in [-0.15, -0.1) is 0 Å². The molecule has 90 valence electrons. The lowest BCUT2D eigenvalue weighted by molar-refractivity contribution is 0.0905. The molecule has 1 rings (SSSR count). The smallest absolute Gasteiger partial charge is 0.0697 e. The summed E-state index contributed by atoms with van der Waals surface area (Å²) in [5.41, 5.74) is 0. The standard InChI is InChI=1S/C12H25NO2/c14-8-10-15-9-4-7-13-11-12-5-2-1-3-6-12/h12-14H,1-11H2. The van der Waals surface area contributed by atoms with Crippen LogP contribution in [0.4, 0.5) is 0 Å². The molecule has 15 heavy (non-hydrogen) atoms. The van der Waals surface area contributed by atoms with Crippen LogP contribution in [0.25, 0.3) is 0 Å². The van der Waals surface area contributed by atoms with Crippen molar-refractivity contribution in [3.63, 3.8) is 0 Å². The lowest BCUT2D eigenvalue weighted by Gasteiger charge is -2.21. The molecule has 0 radical (unpaired) electrons. The van der Waals surface area contributed by atoms with Gasteiger partial charge in [-0.05, 0) is 38.3 Å². The van der Waals surface area contributed by atoms with Crippen LogP contribution in [-0.2, 0) is 4.74 Å². The van der Waals surface area contributed by atoms with Crippen molar-refractivity contribution in [2.45, 2.75) is 38.5 Å². The van der Waals surface area contributed by atoms with Crippen LogP contribution in [0, 0.1) is 5.92 Å². The van der Waals surface area contributed by atoms with Crippen molar-refractivity contribution in [2.75, 3.05) is 32.9 Å². The number of hydrogen-bond acceptors (Lipinski definition) is 3. The monoisotopic (exact) mass is 215 g/mol. The number of hydrogen-bond donors (Lipinski definition) is 2. The van der Waals surface area contributed by atoms with Crippen LogP contribution in [0.1, 0.15) is 38.5 Å². The number of nitrogens with one attached hydrogen (secondary N) is 1. The summed E-state index contributed by atoms with van der Waals surface area (Å²) >= 11 is 0. The lowest BCUT2D eigenvalue weighted by atomic mass is 9.89. The van der Waals surface area contributed by atoms with E-state index in [4.69, 9.17) is 9.84 Å². The molecule has 2 N–H and O–H groups in total. The van der Waals surface area contributed by atoms with E-state index in [1.54, 1.807) is 0 Å². The van der Waals surface area contributed by atoms with E-state index in [0.717, 1.165) is 25.5 Å². The third-order valence-corrected chi connectivity index (χ3v) is 3.04. The van der Waals surface area contributed by atoms with Crippen LogP contribution in [0.15, 0.2) is 0 Å². The van der Waals surface area contributed by atoms with E-state index in [1.165, 1.54) is 38.6 Å². The minimum Gasteiger partial charge on any atom is -0.394 e. The largest absolute Gasteiger partial charge is 0.394 e. The van der Waals surface area contributed by atoms with Gasteiger partial charge in [0.1, 0.15) is 0 Å². The Morgan fingerprint density at radius 1 is 1.13 bits per heavy atom. The van der Waals surface area contributed by atoms with Crippen LogP contribution >= 0.6 is 0 Å². The zero-order chi connectivity index (χ0) is 10.8. The first kappa shape index (κ1) is 12.9. The third kappa shape index (κ3) is 6.88. The first-order valence-electron chi connectivity index (χ1n) is 6.33. The zero-order valence-electron chi connectivity index (χ0n) is 9.71. The van der Waals surface area contributed by atoms with E-state index >= 15 is 0 Å². The molecule has 1 aliphatic carbocycles. The molecule has 3 heteroatoms. The minimum atomic E-state index is 0.134. The zero-order valence-corrected chi connectivity index (χ0v) is 9.71. The number of aliphatic hydroxyl groups is 1. The highest BCUT2D eigenvalue weighted by atomic mass is 16.5. The van der Waals surface area contributed by atoms with E-state index in [-0.39, 0.29) is 6.61 Å². The van der Waals surface area contributed by atoms with Gasteiger partial charge in [-0.3, -0.25) is 0 Å². The Balaban J connectivity index is 1.79. The van der Waals surface area contributed by atoms with Crippen molar-refractivity contribution in [3.05, 3.63) is 0 Å². The fourth-order valence-corrected chi connectivity index (χ4v) is 2.16. The van der Waals surface area contributed by atoms with Gasteiger partial charge in [0.05, 0.1) is 13.2 Å². The molecule has 0 saturated heterocycles. The van der Waals surface area contributed by atoms with Crippen LogP contribution in [-0.4, -0.2) is 38.0 Å². The molecule has 0 aliphatic heterocycles. The molecule has 0 amide bonds. The molecule has 0 atom stereocenters. The van der Waals surface area contributed by atoms with E-state index in [0.29, 0.717) is 6.61 Å². The normalized spacial score (nSPS) is 18.2. The quantitative estimate of drug-likeness (QED) is 0.604. The van der Waals surface area contributed by atoms with E-state index in [1.807, 2.05) is 0 Å². The predicted octanol–water partition coefficient (Wildman–Crippen LogP) is 1.56. The third-order valence-electron chi connectivity index (χ3n) is 3.04. The predicted molar refractivity (Wildman–Crippen MR) is 62.0 cm³/mol. The number of rotatable bonds is 8. The first-order valence-corrected chi connectivity index (χ1v) is 6.33. The molecule has 0 spiro atoms. The van der Waals surface area contributed by atoms with Gasteiger partial charge in [0.15, 0.2) is 0 Å². The van der Waals surface area contributed by atoms with E-state index in [9.17, 15) is 0 Å². The molecule has 0 aromatic carbocycles. The van der Waals surface area contributed by atoms with Crippen LogP contribution in [0.5, 0.6) is 0 Å². The molecule has 1 saturated carbocycles. The lowest BCUT2D eigenvalue weighted by Crippen LogP contribution is -2.26. The van der Waals surface area contributed by atoms with Crippen molar-refractivity contribution in [1.29, 1.82) is 0 Å². The maximum absolute atomic E-state index is 8.50. The Kier molecular flexibility index (Phi) is 7.88. The van der Waals surface area contributed by atoms with Gasteiger partial charge < -0.3 is 15.2 Å². The molecule has 1 aliphatic rings. The fraction of sp³-hybridized carbons (Fsp3) is 1.00. The average molecular weight is 215 g/mol. The Labute approximate surface area is 93.2 Å². The van der Waals surface area contributed by atoms with Gasteiger partial charge in [-0.2, -0.15) is 0 Å². The average Bonchev–Trinajstić information content (AvgIpc) is 2.29. The van der Waals surface area contributed by atoms with Gasteiger partial charge in [-0.25, -0.2) is 0 Å². The van der Waals surface area contributed by atoms with E-state index in [2.05, 4.69) is 5.32 Å². The Hall–Kier alpha value is -0.120. The van der Waals surface area contributed by atoms with Crippen molar-refractivity contribution in [3.8, 4) is 0 Å². The van der Waals surface area contributed by atoms with Gasteiger partial charge in [-0.1, -0.05) is 19.3 Å². The Bertz CT molecular complexity index is 136. The van der Waals surface area contributed by atoms with Gasteiger partial charge in [0.25, 0.3) is 0 Å². The molecular weight excluding hydrogens is 190 g/mol. The molecule has 3 nitrogen and oxygen atoms in total. The SMILES string of the molecule is OCCOCCCNCC1CCCCC1. The van der Waals surface area contributed by atoms with Crippen LogP contribution in [0.3, 0.4) is 0 Å². The van der Waals surface area contributed by atoms with Gasteiger partial charge in [0, 0.05) is 6.61 Å². The summed E-state index contributed by atoms with van der Waals surface area (Å²) in [5.74, 6) is 0.914. The fourth-order valence-electron chi connectivity index (χ4n) is 2.16. The second-order valence-electron chi connectivity index (χ2n) is 4.40.